The first-order valence-corrected chi connectivity index (χ1v) is 6.89. The third kappa shape index (κ3) is 5.07. The van der Waals surface area contributed by atoms with Gasteiger partial charge in [-0.15, -0.1) is 0 Å². The number of methoxy groups -OCH3 is 1. The molecule has 4 nitrogen and oxygen atoms in total. The van der Waals surface area contributed by atoms with Crippen LogP contribution >= 0.6 is 0 Å². The molecule has 0 radical (unpaired) electrons. The van der Waals surface area contributed by atoms with Crippen molar-refractivity contribution in [3.05, 3.63) is 0 Å². The van der Waals surface area contributed by atoms with E-state index >= 15 is 0 Å². The van der Waals surface area contributed by atoms with Crippen LogP contribution in [0.25, 0.3) is 0 Å². The molecule has 0 N–H and O–H groups in total. The Labute approximate surface area is 109 Å². The van der Waals surface area contributed by atoms with Gasteiger partial charge in [0.1, 0.15) is 0 Å². The van der Waals surface area contributed by atoms with Crippen LogP contribution in [0.15, 0.2) is 0 Å². The van der Waals surface area contributed by atoms with E-state index in [4.69, 9.17) is 9.47 Å². The SMILES string of the molecule is CCOC(=O)CC(CC(=O)OC)C1CCCCC1. The van der Waals surface area contributed by atoms with E-state index in [9.17, 15) is 9.59 Å². The fourth-order valence-electron chi connectivity index (χ4n) is 2.74. The summed E-state index contributed by atoms with van der Waals surface area (Å²) in [6.07, 6.45) is 6.56. The first-order chi connectivity index (χ1) is 8.67. The lowest BCUT2D eigenvalue weighted by Crippen LogP contribution is -2.25. The van der Waals surface area contributed by atoms with Crippen LogP contribution in [-0.4, -0.2) is 25.7 Å². The molecule has 1 aliphatic carbocycles. The standard InChI is InChI=1S/C14H24O4/c1-3-18-14(16)10-12(9-13(15)17-2)11-7-5-4-6-8-11/h11-12H,3-10H2,1-2H3. The molecule has 0 bridgehead atoms. The minimum absolute atomic E-state index is 0.0804. The van der Waals surface area contributed by atoms with Crippen molar-refractivity contribution in [3.63, 3.8) is 0 Å². The van der Waals surface area contributed by atoms with E-state index in [2.05, 4.69) is 0 Å². The summed E-state index contributed by atoms with van der Waals surface area (Å²) in [7, 11) is 1.39. The van der Waals surface area contributed by atoms with Crippen LogP contribution < -0.4 is 0 Å². The highest BCUT2D eigenvalue weighted by atomic mass is 16.5. The number of ether oxygens (including phenoxy) is 2. The molecule has 4 heteroatoms. The highest BCUT2D eigenvalue weighted by molar-refractivity contribution is 5.73. The Hall–Kier alpha value is -1.06. The molecule has 104 valence electrons. The summed E-state index contributed by atoms with van der Waals surface area (Å²) >= 11 is 0. The number of esters is 2. The van der Waals surface area contributed by atoms with Crippen LogP contribution in [0, 0.1) is 11.8 Å². The van der Waals surface area contributed by atoms with Crippen molar-refractivity contribution in [3.8, 4) is 0 Å². The van der Waals surface area contributed by atoms with Gasteiger partial charge >= 0.3 is 11.9 Å². The number of hydrogen-bond donors (Lipinski definition) is 0. The lowest BCUT2D eigenvalue weighted by atomic mass is 9.77. The predicted octanol–water partition coefficient (Wildman–Crippen LogP) is 2.70. The zero-order valence-electron chi connectivity index (χ0n) is 11.4. The van der Waals surface area contributed by atoms with Crippen molar-refractivity contribution in [1.29, 1.82) is 0 Å². The van der Waals surface area contributed by atoms with Gasteiger partial charge in [-0.05, 0) is 18.8 Å². The van der Waals surface area contributed by atoms with E-state index in [1.165, 1.54) is 26.4 Å². The van der Waals surface area contributed by atoms with E-state index in [1.807, 2.05) is 0 Å². The quantitative estimate of drug-likeness (QED) is 0.686. The average molecular weight is 256 g/mol. The van der Waals surface area contributed by atoms with Crippen LogP contribution in [-0.2, 0) is 19.1 Å². The molecule has 0 aromatic carbocycles. The van der Waals surface area contributed by atoms with E-state index < -0.39 is 0 Å². The van der Waals surface area contributed by atoms with Gasteiger partial charge in [0.2, 0.25) is 0 Å². The van der Waals surface area contributed by atoms with Crippen LogP contribution in [0.5, 0.6) is 0 Å². The molecule has 0 saturated heterocycles. The molecule has 0 aliphatic heterocycles. The zero-order valence-corrected chi connectivity index (χ0v) is 11.4. The van der Waals surface area contributed by atoms with Crippen molar-refractivity contribution in [2.45, 2.75) is 51.9 Å². The minimum Gasteiger partial charge on any atom is -0.469 e. The topological polar surface area (TPSA) is 52.6 Å². The summed E-state index contributed by atoms with van der Waals surface area (Å²) in [4.78, 5) is 23.0. The summed E-state index contributed by atoms with van der Waals surface area (Å²) < 4.78 is 9.71. The Morgan fingerprint density at radius 3 is 2.28 bits per heavy atom. The summed E-state index contributed by atoms with van der Waals surface area (Å²) in [5.74, 6) is 0.117. The molecule has 1 rings (SSSR count). The third-order valence-electron chi connectivity index (χ3n) is 3.71. The zero-order chi connectivity index (χ0) is 13.4. The number of rotatable bonds is 6. The second-order valence-electron chi connectivity index (χ2n) is 4.95. The molecule has 1 aliphatic rings. The van der Waals surface area contributed by atoms with Gasteiger partial charge in [-0.2, -0.15) is 0 Å². The smallest absolute Gasteiger partial charge is 0.306 e. The Morgan fingerprint density at radius 2 is 1.72 bits per heavy atom. The van der Waals surface area contributed by atoms with Crippen molar-refractivity contribution >= 4 is 11.9 Å². The molecular formula is C14H24O4. The van der Waals surface area contributed by atoms with Crippen molar-refractivity contribution in [2.24, 2.45) is 11.8 Å². The predicted molar refractivity (Wildman–Crippen MR) is 67.9 cm³/mol. The maximum Gasteiger partial charge on any atom is 0.306 e. The summed E-state index contributed by atoms with van der Waals surface area (Å²) in [5, 5.41) is 0. The highest BCUT2D eigenvalue weighted by Crippen LogP contribution is 2.34. The average Bonchev–Trinajstić information content (AvgIpc) is 2.39. The molecule has 1 fully saturated rings. The van der Waals surface area contributed by atoms with E-state index in [-0.39, 0.29) is 17.9 Å². The maximum atomic E-state index is 11.6. The maximum absolute atomic E-state index is 11.6. The Balaban J connectivity index is 2.55. The first-order valence-electron chi connectivity index (χ1n) is 6.89. The van der Waals surface area contributed by atoms with Crippen molar-refractivity contribution in [2.75, 3.05) is 13.7 Å². The summed E-state index contributed by atoms with van der Waals surface area (Å²) in [6, 6.07) is 0. The molecular weight excluding hydrogens is 232 g/mol. The van der Waals surface area contributed by atoms with Crippen molar-refractivity contribution in [1.82, 2.24) is 0 Å². The fraction of sp³-hybridized carbons (Fsp3) is 0.857. The third-order valence-corrected chi connectivity index (χ3v) is 3.71. The van der Waals surface area contributed by atoms with Crippen molar-refractivity contribution < 1.29 is 19.1 Å². The van der Waals surface area contributed by atoms with Gasteiger partial charge in [0, 0.05) is 12.8 Å². The van der Waals surface area contributed by atoms with Crippen LogP contribution in [0.3, 0.4) is 0 Å². The van der Waals surface area contributed by atoms with Gasteiger partial charge < -0.3 is 9.47 Å². The molecule has 0 spiro atoms. The van der Waals surface area contributed by atoms with Gasteiger partial charge in [-0.3, -0.25) is 9.59 Å². The van der Waals surface area contributed by atoms with E-state index in [0.29, 0.717) is 25.4 Å². The van der Waals surface area contributed by atoms with Gasteiger partial charge in [0.25, 0.3) is 0 Å². The van der Waals surface area contributed by atoms with Gasteiger partial charge in [-0.1, -0.05) is 32.1 Å². The largest absolute Gasteiger partial charge is 0.469 e. The highest BCUT2D eigenvalue weighted by Gasteiger charge is 2.28. The summed E-state index contributed by atoms with van der Waals surface area (Å²) in [6.45, 7) is 2.20. The lowest BCUT2D eigenvalue weighted by Gasteiger charge is -2.29. The Bertz CT molecular complexity index is 269. The second-order valence-corrected chi connectivity index (χ2v) is 4.95. The second kappa shape index (κ2) is 8.11. The number of hydrogen-bond acceptors (Lipinski definition) is 4. The lowest BCUT2D eigenvalue weighted by molar-refractivity contribution is -0.147. The first kappa shape index (κ1) is 15.0. The van der Waals surface area contributed by atoms with E-state index in [0.717, 1.165) is 12.8 Å². The Kier molecular flexibility index (Phi) is 6.76. The minimum atomic E-state index is -0.227. The molecule has 0 amide bonds. The van der Waals surface area contributed by atoms with Crippen LogP contribution in [0.4, 0.5) is 0 Å². The van der Waals surface area contributed by atoms with E-state index in [1.54, 1.807) is 6.92 Å². The Morgan fingerprint density at radius 1 is 1.11 bits per heavy atom. The fourth-order valence-corrected chi connectivity index (χ4v) is 2.74. The van der Waals surface area contributed by atoms with Gasteiger partial charge in [0.05, 0.1) is 13.7 Å². The molecule has 1 unspecified atom stereocenters. The number of carbonyl (C=O) groups excluding carboxylic acids is 2. The molecule has 0 heterocycles. The summed E-state index contributed by atoms with van der Waals surface area (Å²) in [5.41, 5.74) is 0. The molecule has 1 atom stereocenters. The van der Waals surface area contributed by atoms with Crippen LogP contribution in [0.2, 0.25) is 0 Å². The molecule has 0 aromatic heterocycles. The number of carbonyl (C=O) groups is 2. The molecule has 1 saturated carbocycles. The van der Waals surface area contributed by atoms with Gasteiger partial charge in [-0.25, -0.2) is 0 Å². The van der Waals surface area contributed by atoms with Gasteiger partial charge in [0.15, 0.2) is 0 Å². The molecule has 0 aromatic rings. The monoisotopic (exact) mass is 256 g/mol. The molecule has 18 heavy (non-hydrogen) atoms. The normalized spacial score (nSPS) is 18.1. The van der Waals surface area contributed by atoms with Crippen LogP contribution in [0.1, 0.15) is 51.9 Å².